The van der Waals surface area contributed by atoms with E-state index in [1.54, 1.807) is 0 Å². The average molecular weight is 217 g/mol. The normalized spacial score (nSPS) is 31.7. The molecule has 14 heavy (non-hydrogen) atoms. The van der Waals surface area contributed by atoms with Crippen molar-refractivity contribution in [3.05, 3.63) is 0 Å². The molecule has 84 valence electrons. The van der Waals surface area contributed by atoms with Crippen molar-refractivity contribution < 1.29 is 4.74 Å². The summed E-state index contributed by atoms with van der Waals surface area (Å²) in [5.41, 5.74) is 0.0779. The van der Waals surface area contributed by atoms with E-state index in [0.29, 0.717) is 5.92 Å². The van der Waals surface area contributed by atoms with E-state index in [9.17, 15) is 0 Å². The Morgan fingerprint density at radius 2 is 2.29 bits per heavy atom. The monoisotopic (exact) mass is 217 g/mol. The van der Waals surface area contributed by atoms with Crippen molar-refractivity contribution in [2.24, 2.45) is 5.92 Å². The predicted octanol–water partition coefficient (Wildman–Crippen LogP) is 2.05. The summed E-state index contributed by atoms with van der Waals surface area (Å²) >= 11 is 4.32. The van der Waals surface area contributed by atoms with Gasteiger partial charge in [-0.1, -0.05) is 6.92 Å². The van der Waals surface area contributed by atoms with Crippen LogP contribution in [0.1, 0.15) is 26.7 Å². The molecular weight excluding hydrogens is 194 g/mol. The minimum absolute atomic E-state index is 0.0779. The molecule has 0 radical (unpaired) electrons. The number of nitrogens with zero attached hydrogens (tertiary/aromatic N) is 1. The van der Waals surface area contributed by atoms with Gasteiger partial charge in [-0.15, -0.1) is 0 Å². The minimum Gasteiger partial charge on any atom is -0.377 e. The molecule has 2 atom stereocenters. The molecule has 0 aliphatic carbocycles. The van der Waals surface area contributed by atoms with Gasteiger partial charge >= 0.3 is 0 Å². The Morgan fingerprint density at radius 3 is 2.86 bits per heavy atom. The van der Waals surface area contributed by atoms with Crippen molar-refractivity contribution in [3.8, 4) is 0 Å². The lowest BCUT2D eigenvalue weighted by atomic mass is 9.94. The van der Waals surface area contributed by atoms with Gasteiger partial charge in [0.25, 0.3) is 0 Å². The largest absolute Gasteiger partial charge is 0.377 e. The molecule has 0 bridgehead atoms. The SMILES string of the molecule is COC1(C)CCCN(CC(C)CS)C1. The zero-order chi connectivity index (χ0) is 10.6. The molecule has 1 rings (SSSR count). The summed E-state index contributed by atoms with van der Waals surface area (Å²) in [7, 11) is 1.82. The van der Waals surface area contributed by atoms with Crippen molar-refractivity contribution in [2.45, 2.75) is 32.3 Å². The Kier molecular flexibility index (Phi) is 4.74. The van der Waals surface area contributed by atoms with Crippen LogP contribution >= 0.6 is 12.6 Å². The van der Waals surface area contributed by atoms with Gasteiger partial charge in [0.05, 0.1) is 5.60 Å². The fourth-order valence-corrected chi connectivity index (χ4v) is 2.24. The molecule has 2 unspecified atom stereocenters. The fourth-order valence-electron chi connectivity index (χ4n) is 2.13. The summed E-state index contributed by atoms with van der Waals surface area (Å²) in [4.78, 5) is 2.51. The van der Waals surface area contributed by atoms with Crippen LogP contribution in [0.25, 0.3) is 0 Å². The minimum atomic E-state index is 0.0779. The molecule has 1 fully saturated rings. The summed E-state index contributed by atoms with van der Waals surface area (Å²) in [6.07, 6.45) is 2.44. The van der Waals surface area contributed by atoms with E-state index in [2.05, 4.69) is 31.4 Å². The first-order valence-electron chi connectivity index (χ1n) is 5.48. The highest BCUT2D eigenvalue weighted by Crippen LogP contribution is 2.24. The van der Waals surface area contributed by atoms with Crippen molar-refractivity contribution in [2.75, 3.05) is 32.5 Å². The van der Waals surface area contributed by atoms with Crippen molar-refractivity contribution >= 4 is 12.6 Å². The van der Waals surface area contributed by atoms with Gasteiger partial charge in [-0.05, 0) is 38.0 Å². The predicted molar refractivity (Wildman–Crippen MR) is 64.1 cm³/mol. The Balaban J connectivity index is 2.40. The standard InChI is InChI=1S/C11H23NOS/c1-10(8-14)7-12-6-4-5-11(2,9-12)13-3/h10,14H,4-9H2,1-3H3. The zero-order valence-electron chi connectivity index (χ0n) is 9.62. The van der Waals surface area contributed by atoms with Gasteiger partial charge < -0.3 is 9.64 Å². The fraction of sp³-hybridized carbons (Fsp3) is 1.00. The van der Waals surface area contributed by atoms with Gasteiger partial charge in [-0.2, -0.15) is 12.6 Å². The van der Waals surface area contributed by atoms with Crippen LogP contribution < -0.4 is 0 Å². The number of likely N-dealkylation sites (tertiary alicyclic amines) is 1. The lowest BCUT2D eigenvalue weighted by Gasteiger charge is -2.40. The van der Waals surface area contributed by atoms with Gasteiger partial charge in [0, 0.05) is 20.2 Å². The van der Waals surface area contributed by atoms with Crippen molar-refractivity contribution in [1.82, 2.24) is 4.90 Å². The molecule has 3 heteroatoms. The Morgan fingerprint density at radius 1 is 1.57 bits per heavy atom. The van der Waals surface area contributed by atoms with Crippen molar-refractivity contribution in [3.63, 3.8) is 0 Å². The summed E-state index contributed by atoms with van der Waals surface area (Å²) < 4.78 is 5.56. The Bertz CT molecular complexity index is 177. The first kappa shape index (κ1) is 12.3. The van der Waals surface area contributed by atoms with E-state index >= 15 is 0 Å². The van der Waals surface area contributed by atoms with Gasteiger partial charge in [0.15, 0.2) is 0 Å². The molecule has 0 saturated carbocycles. The van der Waals surface area contributed by atoms with Crippen LogP contribution in [0.4, 0.5) is 0 Å². The lowest BCUT2D eigenvalue weighted by molar-refractivity contribution is -0.0526. The first-order chi connectivity index (χ1) is 6.59. The summed E-state index contributed by atoms with van der Waals surface area (Å²) in [5.74, 6) is 1.65. The molecule has 1 heterocycles. The number of hydrogen-bond acceptors (Lipinski definition) is 3. The third kappa shape index (κ3) is 3.44. The maximum atomic E-state index is 5.56. The third-order valence-electron chi connectivity index (χ3n) is 3.11. The third-order valence-corrected chi connectivity index (χ3v) is 3.74. The first-order valence-corrected chi connectivity index (χ1v) is 6.11. The number of ether oxygens (including phenoxy) is 1. The molecular formula is C11H23NOS. The molecule has 0 spiro atoms. The molecule has 0 aromatic heterocycles. The van der Waals surface area contributed by atoms with Crippen LogP contribution in [-0.4, -0.2) is 43.0 Å². The van der Waals surface area contributed by atoms with E-state index < -0.39 is 0 Å². The van der Waals surface area contributed by atoms with Gasteiger partial charge in [0.2, 0.25) is 0 Å². The highest BCUT2D eigenvalue weighted by Gasteiger charge is 2.30. The number of rotatable bonds is 4. The van der Waals surface area contributed by atoms with E-state index in [1.807, 2.05) is 7.11 Å². The number of hydrogen-bond donors (Lipinski definition) is 1. The van der Waals surface area contributed by atoms with E-state index in [-0.39, 0.29) is 5.60 Å². The second kappa shape index (κ2) is 5.38. The maximum absolute atomic E-state index is 5.56. The zero-order valence-corrected chi connectivity index (χ0v) is 10.5. The van der Waals surface area contributed by atoms with E-state index in [4.69, 9.17) is 4.74 Å². The second-order valence-corrected chi connectivity index (χ2v) is 5.15. The highest BCUT2D eigenvalue weighted by atomic mass is 32.1. The quantitative estimate of drug-likeness (QED) is 0.724. The molecule has 0 N–H and O–H groups in total. The molecule has 2 nitrogen and oxygen atoms in total. The molecule has 1 aliphatic heterocycles. The van der Waals surface area contributed by atoms with Crippen LogP contribution in [0, 0.1) is 5.92 Å². The van der Waals surface area contributed by atoms with Gasteiger partial charge in [-0.25, -0.2) is 0 Å². The Hall–Kier alpha value is 0.270. The number of methoxy groups -OCH3 is 1. The molecule has 1 saturated heterocycles. The van der Waals surface area contributed by atoms with E-state index in [1.165, 1.54) is 19.4 Å². The van der Waals surface area contributed by atoms with Gasteiger partial charge in [0.1, 0.15) is 0 Å². The van der Waals surface area contributed by atoms with Crippen LogP contribution in [0.3, 0.4) is 0 Å². The molecule has 0 amide bonds. The highest BCUT2D eigenvalue weighted by molar-refractivity contribution is 7.80. The van der Waals surface area contributed by atoms with Crippen LogP contribution in [0.15, 0.2) is 0 Å². The van der Waals surface area contributed by atoms with Crippen molar-refractivity contribution in [1.29, 1.82) is 0 Å². The van der Waals surface area contributed by atoms with Crippen LogP contribution in [-0.2, 0) is 4.74 Å². The molecule has 0 aromatic rings. The molecule has 1 aliphatic rings. The summed E-state index contributed by atoms with van der Waals surface area (Å²) in [5, 5.41) is 0. The summed E-state index contributed by atoms with van der Waals surface area (Å²) in [6, 6.07) is 0. The smallest absolute Gasteiger partial charge is 0.0777 e. The Labute approximate surface area is 93.4 Å². The lowest BCUT2D eigenvalue weighted by Crippen LogP contribution is -2.48. The van der Waals surface area contributed by atoms with E-state index in [0.717, 1.165) is 18.8 Å². The second-order valence-electron chi connectivity index (χ2n) is 4.78. The average Bonchev–Trinajstić information content (AvgIpc) is 2.18. The maximum Gasteiger partial charge on any atom is 0.0777 e. The summed E-state index contributed by atoms with van der Waals surface area (Å²) in [6.45, 7) is 7.91. The molecule has 0 aromatic carbocycles. The topological polar surface area (TPSA) is 12.5 Å². The van der Waals surface area contributed by atoms with Crippen LogP contribution in [0.5, 0.6) is 0 Å². The number of piperidine rings is 1. The number of thiol groups is 1. The van der Waals surface area contributed by atoms with Gasteiger partial charge in [-0.3, -0.25) is 0 Å². The van der Waals surface area contributed by atoms with Crippen LogP contribution in [0.2, 0.25) is 0 Å².